The van der Waals surface area contributed by atoms with Crippen molar-refractivity contribution >= 4 is 44.6 Å². The van der Waals surface area contributed by atoms with Crippen molar-refractivity contribution in [2.75, 3.05) is 16.5 Å². The van der Waals surface area contributed by atoms with Gasteiger partial charge in [0.25, 0.3) is 5.92 Å². The summed E-state index contributed by atoms with van der Waals surface area (Å²) in [5, 5.41) is 0.360. The molecule has 12 rings (SSSR count). The third-order valence-electron chi connectivity index (χ3n) is 12.9. The Morgan fingerprint density at radius 2 is 1.06 bits per heavy atom. The van der Waals surface area contributed by atoms with Crippen molar-refractivity contribution in [1.82, 2.24) is 9.55 Å². The predicted molar refractivity (Wildman–Crippen MR) is 285 cm³/mol. The lowest BCUT2D eigenvalue weighted by Gasteiger charge is -2.28. The molecule has 0 saturated heterocycles. The molecule has 1 aliphatic heterocycles. The van der Waals surface area contributed by atoms with Gasteiger partial charge in [-0.05, 0) is 94.0 Å². The highest BCUT2D eigenvalue weighted by Gasteiger charge is 2.37. The average molecular weight is 930 g/mol. The molecule has 0 unspecified atom stereocenters. The van der Waals surface area contributed by atoms with E-state index >= 15 is 8.78 Å². The van der Waals surface area contributed by atoms with E-state index in [0.29, 0.717) is 11.4 Å². The summed E-state index contributed by atoms with van der Waals surface area (Å²) < 4.78 is 206. The van der Waals surface area contributed by atoms with Crippen LogP contribution in [-0.2, 0) is 11.3 Å². The number of pyridine rings is 1. The van der Waals surface area contributed by atoms with Gasteiger partial charge in [0.05, 0.1) is 54.1 Å². The van der Waals surface area contributed by atoms with E-state index < -0.39 is 148 Å². The van der Waals surface area contributed by atoms with E-state index in [2.05, 4.69) is 4.98 Å². The molecule has 0 amide bonds. The molecule has 0 N–H and O–H groups in total. The zero-order valence-electron chi connectivity index (χ0n) is 56.4. The van der Waals surface area contributed by atoms with E-state index in [1.807, 2.05) is 50.2 Å². The zero-order chi connectivity index (χ0) is 63.9. The quantitative estimate of drug-likeness (QED) is 0.137. The molecular weight excluding hydrogens is 863 g/mol. The van der Waals surface area contributed by atoms with E-state index in [1.54, 1.807) is 52.4 Å². The molecule has 0 spiro atoms. The fourth-order valence-corrected chi connectivity index (χ4v) is 9.38. The number of halogens is 2. The Kier molecular flexibility index (Phi) is 6.57. The van der Waals surface area contributed by atoms with Gasteiger partial charge in [-0.15, -0.1) is 0 Å². The average Bonchev–Trinajstić information content (AvgIpc) is 1.70. The molecule has 0 saturated carbocycles. The van der Waals surface area contributed by atoms with Gasteiger partial charge in [-0.3, -0.25) is 4.57 Å². The Morgan fingerprint density at radius 1 is 0.471 bits per heavy atom. The molecule has 338 valence electrons. The lowest BCUT2D eigenvalue weighted by Crippen LogP contribution is -2.25. The summed E-state index contributed by atoms with van der Waals surface area (Å²) in [6, 6.07) is 18.5. The minimum atomic E-state index is -3.81. The lowest BCUT2D eigenvalue weighted by molar-refractivity contribution is 0.0430. The second-order valence-corrected chi connectivity index (χ2v) is 17.2. The standard InChI is InChI=1S/C64H48F2N4/c1-63(2,48-26-13-6-14-27-48)49-36-37-67-61(42-49)70-57-31-16-15-30-53(57)54-35-34-51(41-60(54)70)64(65,66)50-28-19-29-52(40-50)68-43-69(59-33-18-17-32-58(59)68)62-55(45-22-9-4-10-23-45)38-47(44-20-7-3-8-21-44)39-56(62)46-24-11-5-12-25-46/h3-42H,43H2,1-2H3/i3D,4D,5D,7D,8D,9D,10D,11D,12D,15D,16D,20D,21D,22D,23D,24D,25D,30D,31D. The third kappa shape index (κ3) is 7.31. The summed E-state index contributed by atoms with van der Waals surface area (Å²) in [4.78, 5) is 7.87. The lowest BCUT2D eigenvalue weighted by atomic mass is 9.78. The largest absolute Gasteiger partial charge is 0.321 e. The van der Waals surface area contributed by atoms with Crippen LogP contribution in [0.1, 0.15) is 62.1 Å². The summed E-state index contributed by atoms with van der Waals surface area (Å²) in [6.07, 6.45) is 1.56. The number of benzene rings is 9. The Labute approximate surface area is 433 Å². The highest BCUT2D eigenvalue weighted by Crippen LogP contribution is 2.52. The van der Waals surface area contributed by atoms with Crippen molar-refractivity contribution in [3.05, 3.63) is 265 Å². The number of rotatable bonds is 10. The Hall–Kier alpha value is -8.61. The molecule has 11 aromatic rings. The van der Waals surface area contributed by atoms with Crippen molar-refractivity contribution in [2.24, 2.45) is 0 Å². The maximum absolute atomic E-state index is 17.9. The van der Waals surface area contributed by atoms with Crippen LogP contribution < -0.4 is 9.80 Å². The molecule has 70 heavy (non-hydrogen) atoms. The van der Waals surface area contributed by atoms with Gasteiger partial charge in [-0.25, -0.2) is 4.98 Å². The van der Waals surface area contributed by atoms with Crippen molar-refractivity contribution in [1.29, 1.82) is 0 Å². The van der Waals surface area contributed by atoms with E-state index in [4.69, 9.17) is 19.2 Å². The van der Waals surface area contributed by atoms with Gasteiger partial charge in [0.15, 0.2) is 0 Å². The Bertz CT molecular complexity index is 4680. The van der Waals surface area contributed by atoms with Gasteiger partial charge in [-0.2, -0.15) is 8.78 Å². The van der Waals surface area contributed by atoms with Gasteiger partial charge in [0.1, 0.15) is 12.5 Å². The Balaban J connectivity index is 1.06. The number of aromatic nitrogens is 2. The molecule has 0 bridgehead atoms. The van der Waals surface area contributed by atoms with Crippen molar-refractivity contribution < 1.29 is 34.8 Å². The molecular formula is C64H48F2N4. The zero-order valence-corrected chi connectivity index (χ0v) is 37.4. The van der Waals surface area contributed by atoms with Crippen LogP contribution in [0.15, 0.2) is 242 Å². The molecule has 9 aromatic carbocycles. The fraction of sp³-hybridized carbons (Fsp3) is 0.0781. The molecule has 0 atom stereocenters. The van der Waals surface area contributed by atoms with Crippen molar-refractivity contribution in [3.8, 4) is 39.2 Å². The molecule has 1 aliphatic rings. The second-order valence-electron chi connectivity index (χ2n) is 17.2. The topological polar surface area (TPSA) is 24.3 Å². The number of para-hydroxylation sites is 3. The summed E-state index contributed by atoms with van der Waals surface area (Å²) in [5.41, 5.74) is -1.14. The summed E-state index contributed by atoms with van der Waals surface area (Å²) in [6.45, 7) is 3.68. The minimum Gasteiger partial charge on any atom is -0.321 e. The fourth-order valence-electron chi connectivity index (χ4n) is 9.38. The number of alkyl halides is 2. The van der Waals surface area contributed by atoms with Crippen LogP contribution in [0, 0.1) is 0 Å². The van der Waals surface area contributed by atoms with Gasteiger partial charge in [-0.1, -0.05) is 189 Å². The van der Waals surface area contributed by atoms with Gasteiger partial charge >= 0.3 is 0 Å². The highest BCUT2D eigenvalue weighted by atomic mass is 19.3. The Morgan fingerprint density at radius 3 is 1.74 bits per heavy atom. The molecule has 3 heterocycles. The molecule has 2 aromatic heterocycles. The number of anilines is 4. The van der Waals surface area contributed by atoms with E-state index in [-0.39, 0.29) is 68.4 Å². The number of hydrogen-bond acceptors (Lipinski definition) is 3. The second kappa shape index (κ2) is 17.2. The first-order valence-corrected chi connectivity index (χ1v) is 22.2. The van der Waals surface area contributed by atoms with Crippen molar-refractivity contribution in [3.63, 3.8) is 0 Å². The van der Waals surface area contributed by atoms with Crippen LogP contribution in [-0.4, -0.2) is 16.2 Å². The summed E-state index contributed by atoms with van der Waals surface area (Å²) in [5.74, 6) is -3.60. The van der Waals surface area contributed by atoms with Crippen LogP contribution in [0.3, 0.4) is 0 Å². The van der Waals surface area contributed by atoms with Gasteiger partial charge in [0, 0.05) is 50.3 Å². The number of hydrogen-bond donors (Lipinski definition) is 0. The van der Waals surface area contributed by atoms with Gasteiger partial charge < -0.3 is 9.80 Å². The monoisotopic (exact) mass is 930 g/mol. The van der Waals surface area contributed by atoms with Gasteiger partial charge in [0.2, 0.25) is 0 Å². The van der Waals surface area contributed by atoms with Crippen LogP contribution in [0.2, 0.25) is 0 Å². The first-order chi connectivity index (χ1) is 42.1. The highest BCUT2D eigenvalue weighted by molar-refractivity contribution is 6.09. The van der Waals surface area contributed by atoms with Crippen LogP contribution in [0.4, 0.5) is 31.5 Å². The molecule has 0 radical (unpaired) electrons. The third-order valence-corrected chi connectivity index (χ3v) is 12.9. The van der Waals surface area contributed by atoms with Crippen LogP contribution in [0.25, 0.3) is 61.0 Å². The minimum absolute atomic E-state index is 0.0288. The number of nitrogens with zero attached hydrogens (tertiary/aromatic N) is 4. The smallest absolute Gasteiger partial charge is 0.298 e. The summed E-state index contributed by atoms with van der Waals surface area (Å²) in [7, 11) is 0. The molecule has 0 fully saturated rings. The van der Waals surface area contributed by atoms with E-state index in [9.17, 15) is 6.85 Å². The predicted octanol–water partition coefficient (Wildman–Crippen LogP) is 16.9. The first kappa shape index (κ1) is 26.8. The SMILES string of the molecule is [2H]c1c([2H])c([2H])c(-c2cc(-c3c([2H])c([2H])c([2H])c([2H])c3[2H])c(N3CN(c4cccc(C(F)(F)c5ccc6c7c([2H])c([2H])c([2H])c([2H])c7n(-c7cc(C(C)(C)c8ccccc8)ccn7)c6c5)c4)c4ccccc43)c(-c3c([2H])c([2H])c([2H])c([2H])c3[2H])c2)c([2H])c1[2H]. The van der Waals surface area contributed by atoms with Crippen molar-refractivity contribution in [2.45, 2.75) is 25.2 Å². The molecule has 6 heteroatoms. The first-order valence-electron chi connectivity index (χ1n) is 31.7. The van der Waals surface area contributed by atoms with E-state index in [0.717, 1.165) is 11.1 Å². The van der Waals surface area contributed by atoms with Crippen LogP contribution >= 0.6 is 0 Å². The number of fused-ring (bicyclic) bond motifs is 4. The normalized spacial score (nSPS) is 16.5. The van der Waals surface area contributed by atoms with Crippen LogP contribution in [0.5, 0.6) is 0 Å². The molecule has 0 aliphatic carbocycles. The van der Waals surface area contributed by atoms with E-state index in [1.165, 1.54) is 53.1 Å². The maximum atomic E-state index is 17.9. The maximum Gasteiger partial charge on any atom is 0.298 e. The summed E-state index contributed by atoms with van der Waals surface area (Å²) >= 11 is 0. The molecule has 4 nitrogen and oxygen atoms in total.